The van der Waals surface area contributed by atoms with E-state index in [1.54, 1.807) is 31.2 Å². The molecule has 8 nitrogen and oxygen atoms in total. The van der Waals surface area contributed by atoms with E-state index in [0.717, 1.165) is 9.87 Å². The van der Waals surface area contributed by atoms with Gasteiger partial charge in [0.05, 0.1) is 10.6 Å². The highest BCUT2D eigenvalue weighted by atomic mass is 32.2. The number of anilines is 1. The van der Waals surface area contributed by atoms with Crippen molar-refractivity contribution < 1.29 is 18.3 Å². The number of hydrogen-bond donors (Lipinski definition) is 2. The lowest BCUT2D eigenvalue weighted by Crippen LogP contribution is -2.22. The van der Waals surface area contributed by atoms with Gasteiger partial charge in [-0.3, -0.25) is 4.79 Å². The number of aryl methyl sites for hydroxylation is 2. The van der Waals surface area contributed by atoms with Gasteiger partial charge in [0.1, 0.15) is 5.76 Å². The molecule has 0 aliphatic carbocycles. The smallest absolute Gasteiger partial charge is 0.279 e. The molecule has 2 N–H and O–H groups in total. The fourth-order valence-electron chi connectivity index (χ4n) is 2.41. The lowest BCUT2D eigenvalue weighted by molar-refractivity contribution is -0.113. The number of carbonyl (C=O) groups is 1. The molecule has 0 bridgehead atoms. The van der Waals surface area contributed by atoms with E-state index in [2.05, 4.69) is 15.5 Å². The summed E-state index contributed by atoms with van der Waals surface area (Å²) in [5.41, 5.74) is 1.96. The Kier molecular flexibility index (Phi) is 6.89. The van der Waals surface area contributed by atoms with E-state index in [-0.39, 0.29) is 22.0 Å². The van der Waals surface area contributed by atoms with Crippen LogP contribution < -0.4 is 5.32 Å². The van der Waals surface area contributed by atoms with Crippen LogP contribution in [0.5, 0.6) is 0 Å². The van der Waals surface area contributed by atoms with Crippen LogP contribution in [0, 0.1) is 13.8 Å². The summed E-state index contributed by atoms with van der Waals surface area (Å²) in [5.74, 6) is -0.940. The monoisotopic (exact) mass is 416 g/mol. The molecule has 9 heteroatoms. The van der Waals surface area contributed by atoms with Crippen molar-refractivity contribution in [2.75, 3.05) is 19.4 Å². The SMILES string of the molecule is C/C(O)=C(/N=Nc1ccc(C)c(S(=O)(=O)N(C)C)c1)C(=O)Nc1ccccc1C. The number of para-hydroxylation sites is 1. The summed E-state index contributed by atoms with van der Waals surface area (Å²) in [7, 11) is -0.777. The molecule has 0 fully saturated rings. The molecular weight excluding hydrogens is 392 g/mol. The van der Waals surface area contributed by atoms with Crippen LogP contribution in [0.25, 0.3) is 0 Å². The first-order chi connectivity index (χ1) is 13.5. The number of allylic oxidation sites excluding steroid dienone is 1. The number of azo groups is 1. The highest BCUT2D eigenvalue weighted by Gasteiger charge is 2.20. The fourth-order valence-corrected chi connectivity index (χ4v) is 3.55. The van der Waals surface area contributed by atoms with Crippen LogP contribution in [0.4, 0.5) is 11.4 Å². The van der Waals surface area contributed by atoms with Crippen LogP contribution >= 0.6 is 0 Å². The first-order valence-electron chi connectivity index (χ1n) is 8.75. The Hall–Kier alpha value is -3.04. The second-order valence-electron chi connectivity index (χ2n) is 6.64. The number of aliphatic hydroxyl groups excluding tert-OH is 1. The average Bonchev–Trinajstić information content (AvgIpc) is 2.64. The number of carbonyl (C=O) groups excluding carboxylic acids is 1. The van der Waals surface area contributed by atoms with Gasteiger partial charge in [0, 0.05) is 19.8 Å². The van der Waals surface area contributed by atoms with E-state index in [9.17, 15) is 18.3 Å². The molecule has 29 heavy (non-hydrogen) atoms. The van der Waals surface area contributed by atoms with Crippen LogP contribution in [0.3, 0.4) is 0 Å². The number of benzene rings is 2. The predicted octanol–water partition coefficient (Wildman–Crippen LogP) is 4.07. The lowest BCUT2D eigenvalue weighted by Gasteiger charge is -2.13. The molecule has 1 amide bonds. The number of nitrogens with one attached hydrogen (secondary N) is 1. The van der Waals surface area contributed by atoms with Gasteiger partial charge >= 0.3 is 0 Å². The highest BCUT2D eigenvalue weighted by Crippen LogP contribution is 2.25. The van der Waals surface area contributed by atoms with E-state index in [1.807, 2.05) is 19.1 Å². The van der Waals surface area contributed by atoms with Gasteiger partial charge in [-0.25, -0.2) is 12.7 Å². The van der Waals surface area contributed by atoms with Gasteiger partial charge in [0.2, 0.25) is 10.0 Å². The largest absolute Gasteiger partial charge is 0.510 e. The number of nitrogens with zero attached hydrogens (tertiary/aromatic N) is 3. The van der Waals surface area contributed by atoms with Gasteiger partial charge in [-0.05, 0) is 50.1 Å². The maximum absolute atomic E-state index is 12.5. The summed E-state index contributed by atoms with van der Waals surface area (Å²) in [5, 5.41) is 20.3. The molecule has 0 saturated heterocycles. The maximum Gasteiger partial charge on any atom is 0.279 e. The quantitative estimate of drug-likeness (QED) is 0.420. The van der Waals surface area contributed by atoms with E-state index in [1.165, 1.54) is 27.1 Å². The first-order valence-corrected chi connectivity index (χ1v) is 10.2. The zero-order valence-electron chi connectivity index (χ0n) is 17.0. The van der Waals surface area contributed by atoms with E-state index >= 15 is 0 Å². The number of aliphatic hydroxyl groups is 1. The summed E-state index contributed by atoms with van der Waals surface area (Å²) in [6, 6.07) is 11.7. The highest BCUT2D eigenvalue weighted by molar-refractivity contribution is 7.89. The fraction of sp³-hybridized carbons (Fsp3) is 0.250. The van der Waals surface area contributed by atoms with E-state index in [0.29, 0.717) is 11.3 Å². The standard InChI is InChI=1S/C20H24N4O4S/c1-13-8-6-7-9-17(13)21-20(26)19(15(3)25)23-22-16-11-10-14(2)18(12-16)29(27,28)24(4)5/h6-12,25H,1-5H3,(H,21,26)/b19-15-,23-22?. The van der Waals surface area contributed by atoms with Crippen molar-refractivity contribution in [3.8, 4) is 0 Å². The minimum Gasteiger partial charge on any atom is -0.510 e. The van der Waals surface area contributed by atoms with Crippen molar-refractivity contribution in [3.05, 3.63) is 65.0 Å². The Labute approximate surface area is 170 Å². The van der Waals surface area contributed by atoms with Crippen LogP contribution in [0.15, 0.2) is 69.0 Å². The van der Waals surface area contributed by atoms with Gasteiger partial charge in [-0.2, -0.15) is 5.11 Å². The van der Waals surface area contributed by atoms with Gasteiger partial charge in [0.25, 0.3) is 5.91 Å². The molecule has 0 spiro atoms. The molecule has 2 aromatic carbocycles. The lowest BCUT2D eigenvalue weighted by atomic mass is 10.2. The summed E-state index contributed by atoms with van der Waals surface area (Å²) < 4.78 is 26.0. The molecule has 0 radical (unpaired) electrons. The maximum atomic E-state index is 12.5. The molecule has 154 valence electrons. The molecule has 0 saturated carbocycles. The van der Waals surface area contributed by atoms with E-state index in [4.69, 9.17) is 0 Å². The molecule has 0 heterocycles. The van der Waals surface area contributed by atoms with Crippen LogP contribution in [-0.2, 0) is 14.8 Å². The third kappa shape index (κ3) is 5.27. The van der Waals surface area contributed by atoms with Crippen molar-refractivity contribution in [3.63, 3.8) is 0 Å². The molecular formula is C20H24N4O4S. The Morgan fingerprint density at radius 3 is 2.31 bits per heavy atom. The Bertz CT molecular complexity index is 1090. The van der Waals surface area contributed by atoms with Crippen molar-refractivity contribution in [1.29, 1.82) is 0 Å². The number of rotatable bonds is 6. The zero-order valence-corrected chi connectivity index (χ0v) is 17.8. The molecule has 2 aromatic rings. The molecule has 0 unspecified atom stereocenters. The Morgan fingerprint density at radius 1 is 1.07 bits per heavy atom. The third-order valence-corrected chi connectivity index (χ3v) is 6.10. The van der Waals surface area contributed by atoms with Crippen molar-refractivity contribution in [2.24, 2.45) is 10.2 Å². The van der Waals surface area contributed by atoms with Crippen LogP contribution in [-0.4, -0.2) is 37.8 Å². The first kappa shape index (κ1) is 22.3. The third-order valence-electron chi connectivity index (χ3n) is 4.15. The summed E-state index contributed by atoms with van der Waals surface area (Å²) in [4.78, 5) is 12.6. The number of sulfonamides is 1. The number of amides is 1. The van der Waals surface area contributed by atoms with Gasteiger partial charge < -0.3 is 10.4 Å². The molecule has 2 rings (SSSR count). The normalized spacial score (nSPS) is 12.9. The van der Waals surface area contributed by atoms with Crippen LogP contribution in [0.2, 0.25) is 0 Å². The molecule has 0 aliphatic rings. The van der Waals surface area contributed by atoms with Crippen LogP contribution in [0.1, 0.15) is 18.1 Å². The molecule has 0 aliphatic heterocycles. The second kappa shape index (κ2) is 8.97. The van der Waals surface area contributed by atoms with Crippen molar-refractivity contribution in [2.45, 2.75) is 25.7 Å². The van der Waals surface area contributed by atoms with Gasteiger partial charge in [0.15, 0.2) is 5.70 Å². The minimum atomic E-state index is -3.66. The molecule has 0 aromatic heterocycles. The molecule has 0 atom stereocenters. The predicted molar refractivity (Wildman–Crippen MR) is 112 cm³/mol. The van der Waals surface area contributed by atoms with Crippen molar-refractivity contribution >= 4 is 27.3 Å². The van der Waals surface area contributed by atoms with Crippen molar-refractivity contribution in [1.82, 2.24) is 4.31 Å². The number of hydrogen-bond acceptors (Lipinski definition) is 6. The summed E-state index contributed by atoms with van der Waals surface area (Å²) in [6.07, 6.45) is 0. The van der Waals surface area contributed by atoms with Gasteiger partial charge in [-0.1, -0.05) is 24.3 Å². The summed E-state index contributed by atoms with van der Waals surface area (Å²) in [6.45, 7) is 4.84. The van der Waals surface area contributed by atoms with Gasteiger partial charge in [-0.15, -0.1) is 5.11 Å². The summed E-state index contributed by atoms with van der Waals surface area (Å²) >= 11 is 0. The topological polar surface area (TPSA) is 111 Å². The minimum absolute atomic E-state index is 0.0922. The second-order valence-corrected chi connectivity index (χ2v) is 8.76. The Balaban J connectivity index is 2.34. The Morgan fingerprint density at radius 2 is 1.72 bits per heavy atom. The van der Waals surface area contributed by atoms with E-state index < -0.39 is 15.9 Å². The zero-order chi connectivity index (χ0) is 21.8. The average molecular weight is 417 g/mol.